The molecule has 0 atom stereocenters. The number of methoxy groups -OCH3 is 1. The van der Waals surface area contributed by atoms with Crippen LogP contribution < -0.4 is 4.74 Å². The zero-order valence-corrected chi connectivity index (χ0v) is 10.2. The van der Waals surface area contributed by atoms with Crippen molar-refractivity contribution in [1.82, 2.24) is 4.90 Å². The third kappa shape index (κ3) is 3.71. The van der Waals surface area contributed by atoms with E-state index in [1.54, 1.807) is 0 Å². The molecule has 1 aromatic rings. The van der Waals surface area contributed by atoms with Crippen molar-refractivity contribution in [3.63, 3.8) is 0 Å². The lowest BCUT2D eigenvalue weighted by atomic mass is 10.2. The molecule has 19 heavy (non-hydrogen) atoms. The number of benzene rings is 1. The monoisotopic (exact) mass is 265 g/mol. The van der Waals surface area contributed by atoms with Crippen LogP contribution in [-0.4, -0.2) is 42.1 Å². The minimum absolute atomic E-state index is 0.00159. The first-order valence-electron chi connectivity index (χ1n) is 5.27. The molecule has 100 valence electrons. The van der Waals surface area contributed by atoms with Gasteiger partial charge in [-0.2, -0.15) is 0 Å². The normalized spacial score (nSPS) is 9.53. The van der Waals surface area contributed by atoms with Gasteiger partial charge in [0.2, 0.25) is 0 Å². The van der Waals surface area contributed by atoms with Crippen LogP contribution in [0.15, 0.2) is 18.2 Å². The van der Waals surface area contributed by atoms with Crippen LogP contribution in [0.5, 0.6) is 5.75 Å². The van der Waals surface area contributed by atoms with Crippen LogP contribution in [0.3, 0.4) is 0 Å². The molecule has 0 fully saturated rings. The maximum absolute atomic E-state index is 13.5. The lowest BCUT2D eigenvalue weighted by Gasteiger charge is -2.18. The van der Waals surface area contributed by atoms with Crippen molar-refractivity contribution in [3.05, 3.63) is 29.6 Å². The Morgan fingerprint density at radius 3 is 2.68 bits per heavy atom. The summed E-state index contributed by atoms with van der Waals surface area (Å²) in [6.45, 7) is -0.713. The lowest BCUT2D eigenvalue weighted by molar-refractivity contribution is -0.137. The minimum atomic E-state index is -1.20. The molecule has 1 amide bonds. The molecule has 0 heterocycles. The highest BCUT2D eigenvalue weighted by Gasteiger charge is 2.19. The molecule has 0 unspecified atom stereocenters. The first kappa shape index (κ1) is 14.5. The molecule has 0 aliphatic rings. The van der Waals surface area contributed by atoms with Gasteiger partial charge in [0.25, 0.3) is 5.91 Å². The van der Waals surface area contributed by atoms with E-state index in [9.17, 15) is 14.0 Å². The number of carbonyl (C=O) groups excluding carboxylic acids is 1. The van der Waals surface area contributed by atoms with Gasteiger partial charge in [0.1, 0.15) is 6.54 Å². The number of carbonyl (C=O) groups is 2. The third-order valence-electron chi connectivity index (χ3n) is 2.29. The number of amides is 1. The van der Waals surface area contributed by atoms with Gasteiger partial charge in [0.15, 0.2) is 11.6 Å². The molecular weight excluding hydrogens is 253 g/mol. The maximum atomic E-state index is 13.5. The SMILES string of the molecule is C#CCN(CC(=O)O)C(=O)c1ccc(OC)c(F)c1. The molecule has 0 saturated heterocycles. The van der Waals surface area contributed by atoms with E-state index in [1.807, 2.05) is 0 Å². The second-order valence-electron chi connectivity index (χ2n) is 3.61. The molecule has 0 spiro atoms. The van der Waals surface area contributed by atoms with Crippen LogP contribution in [0.25, 0.3) is 0 Å². The largest absolute Gasteiger partial charge is 0.494 e. The predicted octanol–water partition coefficient (Wildman–Crippen LogP) is 0.994. The molecule has 5 nitrogen and oxygen atoms in total. The quantitative estimate of drug-likeness (QED) is 0.806. The summed E-state index contributed by atoms with van der Waals surface area (Å²) < 4.78 is 18.2. The van der Waals surface area contributed by atoms with Crippen LogP contribution in [-0.2, 0) is 4.79 Å². The highest BCUT2D eigenvalue weighted by Crippen LogP contribution is 2.18. The van der Waals surface area contributed by atoms with E-state index >= 15 is 0 Å². The number of hydrogen-bond donors (Lipinski definition) is 1. The van der Waals surface area contributed by atoms with Crippen molar-refractivity contribution < 1.29 is 23.8 Å². The van der Waals surface area contributed by atoms with Gasteiger partial charge in [-0.1, -0.05) is 5.92 Å². The van der Waals surface area contributed by atoms with Crippen molar-refractivity contribution in [2.75, 3.05) is 20.2 Å². The van der Waals surface area contributed by atoms with Gasteiger partial charge in [-0.05, 0) is 18.2 Å². The zero-order chi connectivity index (χ0) is 14.4. The minimum Gasteiger partial charge on any atom is -0.494 e. The van der Waals surface area contributed by atoms with Crippen molar-refractivity contribution in [3.8, 4) is 18.1 Å². The van der Waals surface area contributed by atoms with E-state index in [-0.39, 0.29) is 17.9 Å². The Kier molecular flexibility index (Phi) is 4.89. The van der Waals surface area contributed by atoms with Gasteiger partial charge < -0.3 is 14.7 Å². The number of rotatable bonds is 5. The number of hydrogen-bond acceptors (Lipinski definition) is 3. The first-order chi connectivity index (χ1) is 8.99. The molecule has 1 N–H and O–H groups in total. The van der Waals surface area contributed by atoms with Crippen molar-refractivity contribution in [2.24, 2.45) is 0 Å². The Morgan fingerprint density at radius 1 is 1.53 bits per heavy atom. The smallest absolute Gasteiger partial charge is 0.323 e. The summed E-state index contributed by atoms with van der Waals surface area (Å²) in [5.74, 6) is -0.369. The second kappa shape index (κ2) is 6.40. The number of carboxylic acid groups (broad SMARTS) is 1. The standard InChI is InChI=1S/C13H12FNO4/c1-3-6-15(8-12(16)17)13(18)9-4-5-11(19-2)10(14)7-9/h1,4-5,7H,6,8H2,2H3,(H,16,17). The van der Waals surface area contributed by atoms with Crippen molar-refractivity contribution in [2.45, 2.75) is 0 Å². The van der Waals surface area contributed by atoms with Crippen LogP contribution in [0.1, 0.15) is 10.4 Å². The Balaban J connectivity index is 2.99. The fourth-order valence-corrected chi connectivity index (χ4v) is 1.45. The van der Waals surface area contributed by atoms with Crippen LogP contribution in [0.2, 0.25) is 0 Å². The number of terminal acetylenes is 1. The number of halogens is 1. The van der Waals surface area contributed by atoms with E-state index in [0.717, 1.165) is 11.0 Å². The fraction of sp³-hybridized carbons (Fsp3) is 0.231. The van der Waals surface area contributed by atoms with Gasteiger partial charge in [-0.3, -0.25) is 9.59 Å². The Hall–Kier alpha value is -2.55. The molecule has 0 aliphatic carbocycles. The summed E-state index contributed by atoms with van der Waals surface area (Å²) in [6.07, 6.45) is 5.07. The van der Waals surface area contributed by atoms with Crippen LogP contribution >= 0.6 is 0 Å². The number of nitrogens with zero attached hydrogens (tertiary/aromatic N) is 1. The Labute approximate surface area is 109 Å². The van der Waals surface area contributed by atoms with Crippen LogP contribution in [0.4, 0.5) is 4.39 Å². The number of ether oxygens (including phenoxy) is 1. The first-order valence-corrected chi connectivity index (χ1v) is 5.27. The molecule has 0 radical (unpaired) electrons. The summed E-state index contributed by atoms with van der Waals surface area (Å²) >= 11 is 0. The molecule has 1 aromatic carbocycles. The fourth-order valence-electron chi connectivity index (χ4n) is 1.45. The third-order valence-corrected chi connectivity index (χ3v) is 2.29. The Bertz CT molecular complexity index is 536. The van der Waals surface area contributed by atoms with Gasteiger partial charge >= 0.3 is 5.97 Å². The van der Waals surface area contributed by atoms with Gasteiger partial charge in [-0.15, -0.1) is 6.42 Å². The summed E-state index contributed by atoms with van der Waals surface area (Å²) in [4.78, 5) is 23.5. The van der Waals surface area contributed by atoms with Gasteiger partial charge in [0, 0.05) is 5.56 Å². The maximum Gasteiger partial charge on any atom is 0.323 e. The highest BCUT2D eigenvalue weighted by molar-refractivity contribution is 5.96. The molecule has 0 bridgehead atoms. The molecular formula is C13H12FNO4. The van der Waals surface area contributed by atoms with E-state index in [0.29, 0.717) is 0 Å². The molecule has 1 rings (SSSR count). The number of aliphatic carboxylic acids is 1. The van der Waals surface area contributed by atoms with E-state index in [4.69, 9.17) is 16.3 Å². The lowest BCUT2D eigenvalue weighted by Crippen LogP contribution is -2.36. The van der Waals surface area contributed by atoms with Crippen LogP contribution in [0, 0.1) is 18.2 Å². The van der Waals surface area contributed by atoms with Crippen molar-refractivity contribution in [1.29, 1.82) is 0 Å². The molecule has 0 saturated carbocycles. The summed E-state index contributed by atoms with van der Waals surface area (Å²) in [7, 11) is 1.30. The Morgan fingerprint density at radius 2 is 2.21 bits per heavy atom. The molecule has 0 aromatic heterocycles. The summed E-state index contributed by atoms with van der Waals surface area (Å²) in [5, 5.41) is 8.69. The number of carboxylic acids is 1. The highest BCUT2D eigenvalue weighted by atomic mass is 19.1. The molecule has 6 heteroatoms. The van der Waals surface area contributed by atoms with E-state index in [1.165, 1.54) is 19.2 Å². The van der Waals surface area contributed by atoms with Gasteiger partial charge in [0.05, 0.1) is 13.7 Å². The van der Waals surface area contributed by atoms with E-state index in [2.05, 4.69) is 5.92 Å². The second-order valence-corrected chi connectivity index (χ2v) is 3.61. The predicted molar refractivity (Wildman–Crippen MR) is 65.3 cm³/mol. The van der Waals surface area contributed by atoms with Gasteiger partial charge in [-0.25, -0.2) is 4.39 Å². The summed E-state index contributed by atoms with van der Waals surface area (Å²) in [6, 6.07) is 3.61. The van der Waals surface area contributed by atoms with Crippen molar-refractivity contribution >= 4 is 11.9 Å². The zero-order valence-electron chi connectivity index (χ0n) is 10.2. The average Bonchev–Trinajstić information content (AvgIpc) is 2.36. The van der Waals surface area contributed by atoms with E-state index < -0.39 is 24.2 Å². The summed E-state index contributed by atoms with van der Waals surface area (Å²) in [5.41, 5.74) is 0.00907. The average molecular weight is 265 g/mol. The molecule has 0 aliphatic heterocycles. The topological polar surface area (TPSA) is 66.8 Å².